The molecule has 6 nitrogen and oxygen atoms in total. The molecule has 0 aromatic heterocycles. The molecule has 0 unspecified atom stereocenters. The molecule has 2 amide bonds. The van der Waals surface area contributed by atoms with Gasteiger partial charge in [-0.25, -0.2) is 9.80 Å². The molecule has 2 N–H and O–H groups in total. The predicted molar refractivity (Wildman–Crippen MR) is 69.6 cm³/mol. The number of carbonyl (C=O) groups is 2. The van der Waals surface area contributed by atoms with Crippen molar-refractivity contribution in [2.75, 3.05) is 7.05 Å². The molecular weight excluding hydrogens is 248 g/mol. The fraction of sp³-hybridized carbons (Fsp3) is 0.385. The van der Waals surface area contributed by atoms with Gasteiger partial charge in [-0.1, -0.05) is 12.1 Å². The van der Waals surface area contributed by atoms with Crippen LogP contribution in [-0.4, -0.2) is 34.8 Å². The van der Waals surface area contributed by atoms with E-state index in [1.165, 1.54) is 19.2 Å². The van der Waals surface area contributed by atoms with Gasteiger partial charge in [0.1, 0.15) is 11.4 Å². The first-order valence-electron chi connectivity index (χ1n) is 5.76. The number of hydrogen-bond donors (Lipinski definition) is 2. The van der Waals surface area contributed by atoms with E-state index in [9.17, 15) is 14.7 Å². The van der Waals surface area contributed by atoms with Crippen LogP contribution in [0.1, 0.15) is 31.1 Å². The van der Waals surface area contributed by atoms with Crippen molar-refractivity contribution in [3.05, 3.63) is 29.8 Å². The third-order valence-corrected chi connectivity index (χ3v) is 2.09. The Labute approximate surface area is 111 Å². The maximum Gasteiger partial charge on any atom is 0.428 e. The Bertz CT molecular complexity index is 480. The van der Waals surface area contributed by atoms with E-state index in [1.54, 1.807) is 32.9 Å². The number of nitrogens with zero attached hydrogens (tertiary/aromatic N) is 1. The van der Waals surface area contributed by atoms with Gasteiger partial charge in [-0.05, 0) is 32.9 Å². The van der Waals surface area contributed by atoms with Crippen molar-refractivity contribution >= 4 is 12.0 Å². The van der Waals surface area contributed by atoms with Crippen LogP contribution in [0.5, 0.6) is 5.75 Å². The minimum Gasteiger partial charge on any atom is -0.507 e. The van der Waals surface area contributed by atoms with Gasteiger partial charge < -0.3 is 9.84 Å². The van der Waals surface area contributed by atoms with Crippen LogP contribution in [0, 0.1) is 0 Å². The van der Waals surface area contributed by atoms with E-state index in [2.05, 4.69) is 5.43 Å². The highest BCUT2D eigenvalue weighted by atomic mass is 16.6. The van der Waals surface area contributed by atoms with Crippen LogP contribution >= 0.6 is 0 Å². The van der Waals surface area contributed by atoms with Gasteiger partial charge in [-0.15, -0.1) is 0 Å². The monoisotopic (exact) mass is 266 g/mol. The lowest BCUT2D eigenvalue weighted by molar-refractivity contribution is 0.0194. The Morgan fingerprint density at radius 1 is 1.26 bits per heavy atom. The number of carbonyl (C=O) groups excluding carboxylic acids is 2. The van der Waals surface area contributed by atoms with Gasteiger partial charge in [-0.2, -0.15) is 0 Å². The van der Waals surface area contributed by atoms with Crippen molar-refractivity contribution in [1.29, 1.82) is 0 Å². The molecule has 0 bridgehead atoms. The molecule has 0 aliphatic rings. The lowest BCUT2D eigenvalue weighted by Crippen LogP contribution is -2.45. The van der Waals surface area contributed by atoms with Crippen LogP contribution in [-0.2, 0) is 4.74 Å². The second kappa shape index (κ2) is 5.60. The molecule has 0 spiro atoms. The number of phenolic OH excluding ortho intramolecular Hbond substituents is 1. The average Bonchev–Trinajstić information content (AvgIpc) is 2.27. The SMILES string of the molecule is CN(NC(=O)c1ccccc1O)C(=O)OC(C)(C)C. The van der Waals surface area contributed by atoms with Crippen LogP contribution in [0.3, 0.4) is 0 Å². The smallest absolute Gasteiger partial charge is 0.428 e. The van der Waals surface area contributed by atoms with Gasteiger partial charge in [0.25, 0.3) is 5.91 Å². The van der Waals surface area contributed by atoms with Crippen LogP contribution < -0.4 is 5.43 Å². The molecule has 19 heavy (non-hydrogen) atoms. The summed E-state index contributed by atoms with van der Waals surface area (Å²) in [5.74, 6) is -0.746. The molecule has 1 aromatic rings. The highest BCUT2D eigenvalue weighted by molar-refractivity contribution is 5.97. The molecule has 0 saturated heterocycles. The van der Waals surface area contributed by atoms with Crippen molar-refractivity contribution in [2.45, 2.75) is 26.4 Å². The Hall–Kier alpha value is -2.24. The molecular formula is C13H18N2O4. The molecule has 0 aliphatic carbocycles. The van der Waals surface area contributed by atoms with Crippen LogP contribution in [0.4, 0.5) is 4.79 Å². The summed E-state index contributed by atoms with van der Waals surface area (Å²) in [7, 11) is 1.37. The molecule has 104 valence electrons. The first-order chi connectivity index (χ1) is 8.70. The summed E-state index contributed by atoms with van der Waals surface area (Å²) in [5, 5.41) is 10.5. The highest BCUT2D eigenvalue weighted by Gasteiger charge is 2.21. The lowest BCUT2D eigenvalue weighted by atomic mass is 10.2. The number of phenols is 1. The van der Waals surface area contributed by atoms with E-state index in [0.717, 1.165) is 5.01 Å². The number of rotatable bonds is 1. The van der Waals surface area contributed by atoms with E-state index < -0.39 is 17.6 Å². The maximum absolute atomic E-state index is 11.8. The number of hydrazine groups is 1. The molecule has 0 fully saturated rings. The summed E-state index contributed by atoms with van der Waals surface area (Å²) in [6.07, 6.45) is -0.684. The van der Waals surface area contributed by atoms with Crippen molar-refractivity contribution < 1.29 is 19.4 Å². The first kappa shape index (κ1) is 14.8. The minimum absolute atomic E-state index is 0.0814. The molecule has 1 aromatic carbocycles. The standard InChI is InChI=1S/C13H18N2O4/c1-13(2,3)19-12(18)15(4)14-11(17)9-7-5-6-8-10(9)16/h5-8,16H,1-4H3,(H,14,17). The van der Waals surface area contributed by atoms with Gasteiger partial charge in [0.2, 0.25) is 0 Å². The van der Waals surface area contributed by atoms with Gasteiger partial charge in [0.15, 0.2) is 0 Å². The topological polar surface area (TPSA) is 78.9 Å². The van der Waals surface area contributed by atoms with Gasteiger partial charge in [0.05, 0.1) is 5.56 Å². The fourth-order valence-corrected chi connectivity index (χ4v) is 1.25. The van der Waals surface area contributed by atoms with Gasteiger partial charge in [-0.3, -0.25) is 10.2 Å². The largest absolute Gasteiger partial charge is 0.507 e. The van der Waals surface area contributed by atoms with Crippen molar-refractivity contribution in [3.8, 4) is 5.75 Å². The summed E-state index contributed by atoms with van der Waals surface area (Å²) in [6.45, 7) is 5.18. The molecule has 0 aliphatic heterocycles. The molecule has 6 heteroatoms. The Morgan fingerprint density at radius 2 is 1.84 bits per heavy atom. The van der Waals surface area contributed by atoms with Crippen LogP contribution in [0.15, 0.2) is 24.3 Å². The molecule has 0 atom stereocenters. The lowest BCUT2D eigenvalue weighted by Gasteiger charge is -2.24. The summed E-state index contributed by atoms with van der Waals surface area (Å²) in [6, 6.07) is 6.06. The average molecular weight is 266 g/mol. The second-order valence-corrected chi connectivity index (χ2v) is 5.00. The van der Waals surface area contributed by atoms with E-state index in [0.29, 0.717) is 0 Å². The Balaban J connectivity index is 2.67. The molecule has 1 rings (SSSR count). The quantitative estimate of drug-likeness (QED) is 0.761. The Morgan fingerprint density at radius 3 is 2.37 bits per heavy atom. The van der Waals surface area contributed by atoms with E-state index in [4.69, 9.17) is 4.74 Å². The highest BCUT2D eigenvalue weighted by Crippen LogP contribution is 2.15. The number of benzene rings is 1. The van der Waals surface area contributed by atoms with Crippen LogP contribution in [0.25, 0.3) is 0 Å². The number of hydrogen-bond acceptors (Lipinski definition) is 4. The number of nitrogens with one attached hydrogen (secondary N) is 1. The second-order valence-electron chi connectivity index (χ2n) is 5.00. The van der Waals surface area contributed by atoms with E-state index in [-0.39, 0.29) is 11.3 Å². The van der Waals surface area contributed by atoms with Crippen molar-refractivity contribution in [2.24, 2.45) is 0 Å². The normalized spacial score (nSPS) is 10.7. The maximum atomic E-state index is 11.8. The number of para-hydroxylation sites is 1. The predicted octanol–water partition coefficient (Wildman–Crippen LogP) is 1.90. The molecule has 0 heterocycles. The van der Waals surface area contributed by atoms with E-state index in [1.807, 2.05) is 0 Å². The third-order valence-electron chi connectivity index (χ3n) is 2.09. The zero-order valence-corrected chi connectivity index (χ0v) is 11.4. The fourth-order valence-electron chi connectivity index (χ4n) is 1.25. The summed E-state index contributed by atoms with van der Waals surface area (Å²) in [5.41, 5.74) is 1.75. The summed E-state index contributed by atoms with van der Waals surface area (Å²) in [4.78, 5) is 23.5. The third kappa shape index (κ3) is 4.50. The molecule has 0 saturated carbocycles. The van der Waals surface area contributed by atoms with Gasteiger partial charge >= 0.3 is 6.09 Å². The molecule has 0 radical (unpaired) electrons. The minimum atomic E-state index is -0.684. The van der Waals surface area contributed by atoms with E-state index >= 15 is 0 Å². The summed E-state index contributed by atoms with van der Waals surface area (Å²) < 4.78 is 5.08. The summed E-state index contributed by atoms with van der Waals surface area (Å²) >= 11 is 0. The van der Waals surface area contributed by atoms with Gasteiger partial charge in [0, 0.05) is 7.05 Å². The Kier molecular flexibility index (Phi) is 4.37. The van der Waals surface area contributed by atoms with Crippen LogP contribution in [0.2, 0.25) is 0 Å². The van der Waals surface area contributed by atoms with Crippen molar-refractivity contribution in [1.82, 2.24) is 10.4 Å². The number of ether oxygens (including phenoxy) is 1. The number of aromatic hydroxyl groups is 1. The number of amides is 2. The zero-order valence-electron chi connectivity index (χ0n) is 11.4. The zero-order chi connectivity index (χ0) is 14.6. The van der Waals surface area contributed by atoms with Crippen molar-refractivity contribution in [3.63, 3.8) is 0 Å². The first-order valence-corrected chi connectivity index (χ1v) is 5.76.